The van der Waals surface area contributed by atoms with E-state index in [0.29, 0.717) is 44.0 Å². The molecule has 132 valence electrons. The van der Waals surface area contributed by atoms with E-state index in [2.05, 4.69) is 5.32 Å². The highest BCUT2D eigenvalue weighted by molar-refractivity contribution is 5.90. The summed E-state index contributed by atoms with van der Waals surface area (Å²) in [6.45, 7) is 3.68. The molecule has 0 aromatic heterocycles. The number of ether oxygens (including phenoxy) is 2. The fourth-order valence-electron chi connectivity index (χ4n) is 2.67. The van der Waals surface area contributed by atoms with E-state index in [1.807, 2.05) is 13.0 Å². The highest BCUT2D eigenvalue weighted by atomic mass is 16.5. The Balaban J connectivity index is 1.94. The van der Waals surface area contributed by atoms with E-state index in [9.17, 15) is 9.59 Å². The van der Waals surface area contributed by atoms with Crippen molar-refractivity contribution < 1.29 is 24.2 Å². The van der Waals surface area contributed by atoms with E-state index in [4.69, 9.17) is 14.6 Å². The van der Waals surface area contributed by atoms with Gasteiger partial charge in [0.25, 0.3) is 0 Å². The topological polar surface area (TPSA) is 88.1 Å². The Morgan fingerprint density at radius 1 is 1.38 bits per heavy atom. The molecule has 0 bridgehead atoms. The fourth-order valence-corrected chi connectivity index (χ4v) is 2.67. The van der Waals surface area contributed by atoms with Crippen LogP contribution in [0.3, 0.4) is 0 Å². The average molecular weight is 336 g/mol. The van der Waals surface area contributed by atoms with Gasteiger partial charge in [0.2, 0.25) is 0 Å². The maximum atomic E-state index is 12.4. The molecule has 24 heavy (non-hydrogen) atoms. The molecule has 7 nitrogen and oxygen atoms in total. The number of hydrogen-bond donors (Lipinski definition) is 2. The molecule has 0 spiro atoms. The predicted octanol–water partition coefficient (Wildman–Crippen LogP) is 2.35. The number of amides is 2. The van der Waals surface area contributed by atoms with Gasteiger partial charge in [0.1, 0.15) is 12.4 Å². The molecular weight excluding hydrogens is 312 g/mol. The van der Waals surface area contributed by atoms with Crippen LogP contribution in [-0.2, 0) is 9.53 Å². The SMILES string of the molecule is COCCOc1ccc(NC(=O)N2CCCC(C(=O)O)C2)c(C)c1. The number of benzene rings is 1. The summed E-state index contributed by atoms with van der Waals surface area (Å²) in [6, 6.07) is 5.15. The molecule has 1 aromatic rings. The first kappa shape index (κ1) is 18.1. The van der Waals surface area contributed by atoms with Gasteiger partial charge < -0.3 is 24.8 Å². The molecule has 2 N–H and O–H groups in total. The van der Waals surface area contributed by atoms with Gasteiger partial charge in [-0.1, -0.05) is 0 Å². The summed E-state index contributed by atoms with van der Waals surface area (Å²) in [5.74, 6) is -0.616. The number of carboxylic acid groups (broad SMARTS) is 1. The molecule has 1 heterocycles. The highest BCUT2D eigenvalue weighted by Crippen LogP contribution is 2.23. The van der Waals surface area contributed by atoms with Gasteiger partial charge in [-0.2, -0.15) is 0 Å². The molecule has 1 fully saturated rings. The number of aliphatic carboxylic acids is 1. The van der Waals surface area contributed by atoms with Crippen LogP contribution in [0.25, 0.3) is 0 Å². The lowest BCUT2D eigenvalue weighted by molar-refractivity contribution is -0.143. The summed E-state index contributed by atoms with van der Waals surface area (Å²) in [6.07, 6.45) is 1.32. The van der Waals surface area contributed by atoms with Gasteiger partial charge in [0.15, 0.2) is 0 Å². The second-order valence-electron chi connectivity index (χ2n) is 5.87. The van der Waals surface area contributed by atoms with Crippen LogP contribution in [0.15, 0.2) is 18.2 Å². The quantitative estimate of drug-likeness (QED) is 0.779. The number of nitrogens with zero attached hydrogens (tertiary/aromatic N) is 1. The summed E-state index contributed by atoms with van der Waals surface area (Å²) in [5, 5.41) is 12.0. The van der Waals surface area contributed by atoms with Crippen molar-refractivity contribution >= 4 is 17.7 Å². The number of hydrogen-bond acceptors (Lipinski definition) is 4. The van der Waals surface area contributed by atoms with Crippen molar-refractivity contribution in [3.63, 3.8) is 0 Å². The Morgan fingerprint density at radius 3 is 2.83 bits per heavy atom. The molecule has 1 aliphatic rings. The van der Waals surface area contributed by atoms with Crippen LogP contribution in [0.2, 0.25) is 0 Å². The van der Waals surface area contributed by atoms with Crippen molar-refractivity contribution in [2.45, 2.75) is 19.8 Å². The van der Waals surface area contributed by atoms with E-state index >= 15 is 0 Å². The first-order valence-corrected chi connectivity index (χ1v) is 8.02. The maximum Gasteiger partial charge on any atom is 0.321 e. The summed E-state index contributed by atoms with van der Waals surface area (Å²) in [7, 11) is 1.61. The van der Waals surface area contributed by atoms with E-state index in [1.165, 1.54) is 0 Å². The first-order chi connectivity index (χ1) is 11.5. The van der Waals surface area contributed by atoms with Crippen LogP contribution in [0.4, 0.5) is 10.5 Å². The van der Waals surface area contributed by atoms with Crippen LogP contribution < -0.4 is 10.1 Å². The number of carboxylic acids is 1. The molecule has 0 aliphatic carbocycles. The summed E-state index contributed by atoms with van der Waals surface area (Å²) in [4.78, 5) is 25.0. The second kappa shape index (κ2) is 8.54. The standard InChI is InChI=1S/C17H24N2O5/c1-12-10-14(24-9-8-23-2)5-6-15(12)18-17(22)19-7-3-4-13(11-19)16(20)21/h5-6,10,13H,3-4,7-9,11H2,1-2H3,(H,18,22)(H,20,21). The number of rotatable bonds is 6. The van der Waals surface area contributed by atoms with Crippen LogP contribution in [0.5, 0.6) is 5.75 Å². The summed E-state index contributed by atoms with van der Waals surface area (Å²) >= 11 is 0. The number of piperidine rings is 1. The lowest BCUT2D eigenvalue weighted by atomic mass is 9.99. The zero-order chi connectivity index (χ0) is 17.5. The minimum Gasteiger partial charge on any atom is -0.491 e. The van der Waals surface area contributed by atoms with Crippen LogP contribution in [0, 0.1) is 12.8 Å². The minimum absolute atomic E-state index is 0.248. The van der Waals surface area contributed by atoms with E-state index < -0.39 is 11.9 Å². The molecule has 0 radical (unpaired) electrons. The number of carbonyl (C=O) groups is 2. The Hall–Kier alpha value is -2.28. The summed E-state index contributed by atoms with van der Waals surface area (Å²) in [5.41, 5.74) is 1.57. The number of aryl methyl sites for hydroxylation is 1. The van der Waals surface area contributed by atoms with Gasteiger partial charge in [-0.15, -0.1) is 0 Å². The third-order valence-electron chi connectivity index (χ3n) is 4.05. The summed E-state index contributed by atoms with van der Waals surface area (Å²) < 4.78 is 10.5. The second-order valence-corrected chi connectivity index (χ2v) is 5.87. The van der Waals surface area contributed by atoms with Crippen molar-refractivity contribution in [3.8, 4) is 5.75 Å². The molecule has 2 rings (SSSR count). The Bertz CT molecular complexity index is 590. The monoisotopic (exact) mass is 336 g/mol. The lowest BCUT2D eigenvalue weighted by Gasteiger charge is -2.30. The average Bonchev–Trinajstić information content (AvgIpc) is 2.57. The van der Waals surface area contributed by atoms with Crippen molar-refractivity contribution in [1.29, 1.82) is 0 Å². The van der Waals surface area contributed by atoms with Crippen LogP contribution in [-0.4, -0.2) is 55.4 Å². The first-order valence-electron chi connectivity index (χ1n) is 8.02. The zero-order valence-corrected chi connectivity index (χ0v) is 14.1. The molecule has 1 aliphatic heterocycles. The van der Waals surface area contributed by atoms with Crippen LogP contribution >= 0.6 is 0 Å². The number of anilines is 1. The highest BCUT2D eigenvalue weighted by Gasteiger charge is 2.28. The number of methoxy groups -OCH3 is 1. The normalized spacial score (nSPS) is 17.4. The molecule has 0 saturated carbocycles. The van der Waals surface area contributed by atoms with Crippen molar-refractivity contribution in [1.82, 2.24) is 4.90 Å². The van der Waals surface area contributed by atoms with Gasteiger partial charge in [0.05, 0.1) is 12.5 Å². The number of likely N-dealkylation sites (tertiary alicyclic amines) is 1. The van der Waals surface area contributed by atoms with Crippen molar-refractivity contribution in [3.05, 3.63) is 23.8 Å². The molecule has 1 saturated heterocycles. The van der Waals surface area contributed by atoms with Gasteiger partial charge in [-0.05, 0) is 43.5 Å². The van der Waals surface area contributed by atoms with E-state index in [0.717, 1.165) is 5.56 Å². The van der Waals surface area contributed by atoms with Gasteiger partial charge in [-0.25, -0.2) is 4.79 Å². The van der Waals surface area contributed by atoms with E-state index in [-0.39, 0.29) is 12.6 Å². The minimum atomic E-state index is -0.846. The van der Waals surface area contributed by atoms with Gasteiger partial charge in [-0.3, -0.25) is 4.79 Å². The van der Waals surface area contributed by atoms with E-state index in [1.54, 1.807) is 24.1 Å². The third-order valence-corrected chi connectivity index (χ3v) is 4.05. The van der Waals surface area contributed by atoms with Gasteiger partial charge in [0, 0.05) is 25.9 Å². The molecule has 7 heteroatoms. The molecule has 2 amide bonds. The van der Waals surface area contributed by atoms with Crippen molar-refractivity contribution in [2.24, 2.45) is 5.92 Å². The Labute approximate surface area is 141 Å². The number of carbonyl (C=O) groups excluding carboxylic acids is 1. The number of urea groups is 1. The lowest BCUT2D eigenvalue weighted by Crippen LogP contribution is -2.44. The van der Waals surface area contributed by atoms with Crippen LogP contribution in [0.1, 0.15) is 18.4 Å². The smallest absolute Gasteiger partial charge is 0.321 e. The fraction of sp³-hybridized carbons (Fsp3) is 0.529. The third kappa shape index (κ3) is 4.86. The molecule has 1 unspecified atom stereocenters. The van der Waals surface area contributed by atoms with Crippen molar-refractivity contribution in [2.75, 3.05) is 38.7 Å². The molecule has 1 aromatic carbocycles. The largest absolute Gasteiger partial charge is 0.491 e. The zero-order valence-electron chi connectivity index (χ0n) is 14.1. The Kier molecular flexibility index (Phi) is 6.43. The molecule has 1 atom stereocenters. The predicted molar refractivity (Wildman–Crippen MR) is 89.5 cm³/mol. The number of nitrogens with one attached hydrogen (secondary N) is 1. The maximum absolute atomic E-state index is 12.4. The van der Waals surface area contributed by atoms with Gasteiger partial charge >= 0.3 is 12.0 Å². The Morgan fingerprint density at radius 2 is 2.17 bits per heavy atom. The molecular formula is C17H24N2O5.